The third kappa shape index (κ3) is 1.25. The molecule has 70 valence electrons. The maximum atomic E-state index is 8.76. The van der Waals surface area contributed by atoms with E-state index in [0.29, 0.717) is 11.5 Å². The van der Waals surface area contributed by atoms with Gasteiger partial charge in [0.25, 0.3) is 0 Å². The van der Waals surface area contributed by atoms with Crippen LogP contribution in [0.5, 0.6) is 0 Å². The van der Waals surface area contributed by atoms with Gasteiger partial charge in [-0.15, -0.1) is 0 Å². The number of hydrogen-bond donors (Lipinski definition) is 1. The Hall–Kier alpha value is -2.59. The highest BCUT2D eigenvalue weighted by Gasteiger charge is 2.20. The first kappa shape index (κ1) is 8.98. The predicted molar refractivity (Wildman–Crippen MR) is 55.3 cm³/mol. The van der Waals surface area contributed by atoms with Crippen LogP contribution in [0, 0.1) is 22.7 Å². The molecule has 15 heavy (non-hydrogen) atoms. The highest BCUT2D eigenvalue weighted by atomic mass is 14.9. The number of nitriles is 2. The van der Waals surface area contributed by atoms with Crippen molar-refractivity contribution in [3.05, 3.63) is 41.0 Å². The number of nitrogens with zero attached hydrogens (tertiary/aromatic N) is 3. The minimum Gasteiger partial charge on any atom is -0.383 e. The average molecular weight is 194 g/mol. The second-order valence-corrected chi connectivity index (χ2v) is 2.99. The molecule has 2 rings (SSSR count). The zero-order valence-corrected chi connectivity index (χ0v) is 7.73. The van der Waals surface area contributed by atoms with E-state index in [2.05, 4.69) is 4.99 Å². The summed E-state index contributed by atoms with van der Waals surface area (Å²) in [6.07, 6.45) is 0. The molecule has 0 atom stereocenters. The van der Waals surface area contributed by atoms with E-state index in [1.54, 1.807) is 6.07 Å². The van der Waals surface area contributed by atoms with Crippen LogP contribution in [0.4, 0.5) is 0 Å². The maximum absolute atomic E-state index is 8.76. The lowest BCUT2D eigenvalue weighted by Gasteiger charge is -1.97. The van der Waals surface area contributed by atoms with Crippen LogP contribution >= 0.6 is 0 Å². The number of hydrogen-bond acceptors (Lipinski definition) is 4. The lowest BCUT2D eigenvalue weighted by atomic mass is 10.0. The lowest BCUT2D eigenvalue weighted by Crippen LogP contribution is -2.09. The molecular formula is C11H6N4. The number of benzene rings is 1. The minimum absolute atomic E-state index is 0.0112. The SMILES string of the molecule is N#CC(C#N)=C1N=C(N)c2ccccc21. The number of aliphatic imine (C=N–C) groups is 1. The van der Waals surface area contributed by atoms with Gasteiger partial charge >= 0.3 is 0 Å². The quantitative estimate of drug-likeness (QED) is 0.629. The van der Waals surface area contributed by atoms with Gasteiger partial charge in [0.05, 0.1) is 0 Å². The Morgan fingerprint density at radius 2 is 1.73 bits per heavy atom. The molecule has 0 amide bonds. The van der Waals surface area contributed by atoms with Crippen LogP contribution in [0.2, 0.25) is 0 Å². The summed E-state index contributed by atoms with van der Waals surface area (Å²) in [7, 11) is 0. The first-order valence-corrected chi connectivity index (χ1v) is 4.26. The first-order valence-electron chi connectivity index (χ1n) is 4.26. The fourth-order valence-electron chi connectivity index (χ4n) is 1.48. The van der Waals surface area contributed by atoms with Gasteiger partial charge in [-0.3, -0.25) is 0 Å². The normalized spacial score (nSPS) is 12.4. The van der Waals surface area contributed by atoms with Crippen molar-refractivity contribution < 1.29 is 0 Å². The summed E-state index contributed by atoms with van der Waals surface area (Å²) in [6.45, 7) is 0. The van der Waals surface area contributed by atoms with E-state index < -0.39 is 0 Å². The van der Waals surface area contributed by atoms with E-state index >= 15 is 0 Å². The molecule has 0 saturated carbocycles. The van der Waals surface area contributed by atoms with Crippen LogP contribution in [0.3, 0.4) is 0 Å². The highest BCUT2D eigenvalue weighted by Crippen LogP contribution is 2.29. The molecule has 1 aliphatic rings. The third-order valence-electron chi connectivity index (χ3n) is 2.15. The van der Waals surface area contributed by atoms with Crippen LogP contribution in [-0.4, -0.2) is 5.84 Å². The monoisotopic (exact) mass is 194 g/mol. The average Bonchev–Trinajstić information content (AvgIpc) is 2.60. The number of rotatable bonds is 0. The van der Waals surface area contributed by atoms with Crippen LogP contribution in [0.1, 0.15) is 11.1 Å². The van der Waals surface area contributed by atoms with Crippen molar-refractivity contribution in [3.8, 4) is 12.1 Å². The predicted octanol–water partition coefficient (Wildman–Crippen LogP) is 1.16. The molecule has 2 N–H and O–H groups in total. The fraction of sp³-hybridized carbons (Fsp3) is 0. The van der Waals surface area contributed by atoms with Crippen molar-refractivity contribution in [1.29, 1.82) is 10.5 Å². The highest BCUT2D eigenvalue weighted by molar-refractivity contribution is 6.10. The van der Waals surface area contributed by atoms with Crippen molar-refractivity contribution in [3.63, 3.8) is 0 Å². The number of nitrogens with two attached hydrogens (primary N) is 1. The van der Waals surface area contributed by atoms with Gasteiger partial charge in [-0.2, -0.15) is 10.5 Å². The Morgan fingerprint density at radius 3 is 2.33 bits per heavy atom. The van der Waals surface area contributed by atoms with Crippen LogP contribution in [0.15, 0.2) is 34.8 Å². The molecule has 0 aromatic heterocycles. The first-order chi connectivity index (χ1) is 7.27. The molecule has 0 fully saturated rings. The van der Waals surface area contributed by atoms with Crippen molar-refractivity contribution in [2.45, 2.75) is 0 Å². The van der Waals surface area contributed by atoms with Gasteiger partial charge < -0.3 is 5.73 Å². The Balaban J connectivity index is 2.75. The van der Waals surface area contributed by atoms with Crippen molar-refractivity contribution >= 4 is 11.5 Å². The van der Waals surface area contributed by atoms with Crippen LogP contribution in [0.25, 0.3) is 5.70 Å². The van der Waals surface area contributed by atoms with Gasteiger partial charge in [0.15, 0.2) is 5.57 Å². The summed E-state index contributed by atoms with van der Waals surface area (Å²) >= 11 is 0. The minimum atomic E-state index is -0.0112. The maximum Gasteiger partial charge on any atom is 0.155 e. The standard InChI is InChI=1S/C11H6N4/c12-5-7(6-13)10-8-3-1-2-4-9(8)11(14)15-10/h1-4H,(H2,14,15). The molecule has 0 aliphatic carbocycles. The zero-order chi connectivity index (χ0) is 10.8. The summed E-state index contributed by atoms with van der Waals surface area (Å²) < 4.78 is 0. The molecule has 1 heterocycles. The van der Waals surface area contributed by atoms with E-state index in [9.17, 15) is 0 Å². The number of fused-ring (bicyclic) bond motifs is 1. The lowest BCUT2D eigenvalue weighted by molar-refractivity contribution is 1.44. The molecule has 0 bridgehead atoms. The van der Waals surface area contributed by atoms with E-state index in [1.807, 2.05) is 30.3 Å². The summed E-state index contributed by atoms with van der Waals surface area (Å²) in [5.41, 5.74) is 7.56. The van der Waals surface area contributed by atoms with E-state index in [1.165, 1.54) is 0 Å². The second kappa shape index (κ2) is 3.28. The molecule has 4 heteroatoms. The smallest absolute Gasteiger partial charge is 0.155 e. The Morgan fingerprint density at radius 1 is 1.13 bits per heavy atom. The topological polar surface area (TPSA) is 86.0 Å². The third-order valence-corrected chi connectivity index (χ3v) is 2.15. The zero-order valence-electron chi connectivity index (χ0n) is 7.73. The van der Waals surface area contributed by atoms with Gasteiger partial charge in [0, 0.05) is 11.1 Å². The van der Waals surface area contributed by atoms with E-state index in [0.717, 1.165) is 11.1 Å². The summed E-state index contributed by atoms with van der Waals surface area (Å²) in [5, 5.41) is 17.5. The number of amidine groups is 1. The fourth-order valence-corrected chi connectivity index (χ4v) is 1.48. The molecule has 0 unspecified atom stereocenters. The molecule has 4 nitrogen and oxygen atoms in total. The molecule has 0 spiro atoms. The second-order valence-electron chi connectivity index (χ2n) is 2.99. The number of allylic oxidation sites excluding steroid dienone is 1. The van der Waals surface area contributed by atoms with Crippen LogP contribution < -0.4 is 5.73 Å². The van der Waals surface area contributed by atoms with Crippen molar-refractivity contribution in [2.75, 3.05) is 0 Å². The summed E-state index contributed by atoms with van der Waals surface area (Å²) in [5.74, 6) is 0.351. The molecule has 0 saturated heterocycles. The molecule has 0 radical (unpaired) electrons. The summed E-state index contributed by atoms with van der Waals surface area (Å²) in [6, 6.07) is 10.9. The van der Waals surface area contributed by atoms with Crippen molar-refractivity contribution in [2.24, 2.45) is 10.7 Å². The Kier molecular flexibility index (Phi) is 1.97. The van der Waals surface area contributed by atoms with E-state index in [4.69, 9.17) is 16.3 Å². The molecule has 1 aromatic rings. The van der Waals surface area contributed by atoms with Gasteiger partial charge in [-0.05, 0) is 0 Å². The van der Waals surface area contributed by atoms with E-state index in [-0.39, 0.29) is 5.57 Å². The van der Waals surface area contributed by atoms with Gasteiger partial charge in [0.1, 0.15) is 23.7 Å². The molecular weight excluding hydrogens is 188 g/mol. The van der Waals surface area contributed by atoms with Gasteiger partial charge in [-0.1, -0.05) is 24.3 Å². The van der Waals surface area contributed by atoms with Crippen molar-refractivity contribution in [1.82, 2.24) is 0 Å². The Labute approximate surface area is 86.6 Å². The molecule has 1 aromatic carbocycles. The summed E-state index contributed by atoms with van der Waals surface area (Å²) in [4.78, 5) is 4.03. The molecule has 1 aliphatic heterocycles. The Bertz CT molecular complexity index is 551. The largest absolute Gasteiger partial charge is 0.383 e. The van der Waals surface area contributed by atoms with Gasteiger partial charge in [0.2, 0.25) is 0 Å². The van der Waals surface area contributed by atoms with Gasteiger partial charge in [-0.25, -0.2) is 4.99 Å². The van der Waals surface area contributed by atoms with Crippen LogP contribution in [-0.2, 0) is 0 Å².